The average Bonchev–Trinajstić information content (AvgIpc) is 2.69. The maximum Gasteiger partial charge on any atom is 0.234 e. The van der Waals surface area contributed by atoms with Crippen molar-refractivity contribution in [1.82, 2.24) is 10.2 Å². The normalized spacial score (nSPS) is 14.9. The van der Waals surface area contributed by atoms with Gasteiger partial charge in [-0.05, 0) is 48.4 Å². The van der Waals surface area contributed by atoms with E-state index in [1.807, 2.05) is 18.2 Å². The van der Waals surface area contributed by atoms with Gasteiger partial charge in [-0.3, -0.25) is 9.69 Å². The molecule has 0 spiro atoms. The van der Waals surface area contributed by atoms with Crippen molar-refractivity contribution >= 4 is 11.6 Å². The molecule has 2 aromatic rings. The second kappa shape index (κ2) is 8.86. The van der Waals surface area contributed by atoms with E-state index in [0.717, 1.165) is 37.5 Å². The molecule has 0 bridgehead atoms. The van der Waals surface area contributed by atoms with E-state index < -0.39 is 0 Å². The van der Waals surface area contributed by atoms with Crippen LogP contribution in [0.25, 0.3) is 0 Å². The Morgan fingerprint density at radius 1 is 1.11 bits per heavy atom. The number of benzene rings is 2. The van der Waals surface area contributed by atoms with Gasteiger partial charge in [0.25, 0.3) is 0 Å². The molecule has 6 heteroatoms. The fraction of sp³-hybridized carbons (Fsp3) is 0.381. The molecule has 0 unspecified atom stereocenters. The zero-order chi connectivity index (χ0) is 19.2. The fourth-order valence-corrected chi connectivity index (χ4v) is 3.16. The number of ether oxygens (including phenoxy) is 1. The molecule has 0 aromatic heterocycles. The minimum atomic E-state index is -0.239. The van der Waals surface area contributed by atoms with Crippen LogP contribution in [0.5, 0.6) is 5.75 Å². The van der Waals surface area contributed by atoms with Crippen molar-refractivity contribution in [3.63, 3.8) is 0 Å². The highest BCUT2D eigenvalue weighted by Crippen LogP contribution is 2.20. The summed E-state index contributed by atoms with van der Waals surface area (Å²) in [4.78, 5) is 16.6. The second-order valence-corrected chi connectivity index (χ2v) is 6.82. The zero-order valence-electron chi connectivity index (χ0n) is 15.9. The molecule has 27 heavy (non-hydrogen) atoms. The summed E-state index contributed by atoms with van der Waals surface area (Å²) in [6.45, 7) is 5.86. The quantitative estimate of drug-likeness (QED) is 0.848. The molecule has 5 nitrogen and oxygen atoms in total. The van der Waals surface area contributed by atoms with Crippen molar-refractivity contribution in [2.75, 3.05) is 44.7 Å². The Morgan fingerprint density at radius 2 is 1.81 bits per heavy atom. The number of carbonyl (C=O) groups is 1. The van der Waals surface area contributed by atoms with Crippen LogP contribution in [-0.2, 0) is 11.3 Å². The van der Waals surface area contributed by atoms with Crippen LogP contribution in [0.2, 0.25) is 0 Å². The summed E-state index contributed by atoms with van der Waals surface area (Å²) >= 11 is 0. The van der Waals surface area contributed by atoms with Gasteiger partial charge in [-0.2, -0.15) is 0 Å². The molecule has 0 aliphatic carbocycles. The van der Waals surface area contributed by atoms with Gasteiger partial charge in [0.1, 0.15) is 11.6 Å². The Bertz CT molecular complexity index is 771. The molecular weight excluding hydrogens is 345 g/mol. The Kier molecular flexibility index (Phi) is 6.29. The molecule has 1 aliphatic heterocycles. The van der Waals surface area contributed by atoms with Gasteiger partial charge in [-0.25, -0.2) is 4.39 Å². The zero-order valence-corrected chi connectivity index (χ0v) is 15.9. The van der Waals surface area contributed by atoms with Crippen molar-refractivity contribution in [2.45, 2.75) is 13.5 Å². The lowest BCUT2D eigenvalue weighted by atomic mass is 10.1. The highest BCUT2D eigenvalue weighted by Gasteiger charge is 2.19. The number of rotatable bonds is 6. The molecule has 1 heterocycles. The molecule has 0 atom stereocenters. The standard InChI is InChI=1S/C21H26FN3O2/c1-16-3-4-17(13-20(16)22)14-23-21(26)15-24-9-11-25(12-10-24)18-5-7-19(27-2)8-6-18/h3-8,13H,9-12,14-15H2,1-2H3,(H,23,26). The topological polar surface area (TPSA) is 44.8 Å². The molecule has 1 aliphatic rings. The van der Waals surface area contributed by atoms with Crippen molar-refractivity contribution in [2.24, 2.45) is 0 Å². The van der Waals surface area contributed by atoms with E-state index in [1.54, 1.807) is 20.1 Å². The summed E-state index contributed by atoms with van der Waals surface area (Å²) in [5.41, 5.74) is 2.55. The Hall–Kier alpha value is -2.60. The van der Waals surface area contributed by atoms with Crippen molar-refractivity contribution in [3.8, 4) is 5.75 Å². The molecule has 1 saturated heterocycles. The van der Waals surface area contributed by atoms with Crippen LogP contribution in [0.15, 0.2) is 42.5 Å². The third-order valence-electron chi connectivity index (χ3n) is 4.90. The van der Waals surface area contributed by atoms with Gasteiger partial charge in [0.15, 0.2) is 0 Å². The summed E-state index contributed by atoms with van der Waals surface area (Å²) in [6, 6.07) is 13.1. The number of hydrogen-bond donors (Lipinski definition) is 1. The van der Waals surface area contributed by atoms with E-state index in [0.29, 0.717) is 18.7 Å². The summed E-state index contributed by atoms with van der Waals surface area (Å²) < 4.78 is 18.8. The summed E-state index contributed by atoms with van der Waals surface area (Å²) in [6.07, 6.45) is 0. The number of nitrogens with zero attached hydrogens (tertiary/aromatic N) is 2. The van der Waals surface area contributed by atoms with Crippen LogP contribution < -0.4 is 15.0 Å². The van der Waals surface area contributed by atoms with Crippen LogP contribution in [0.1, 0.15) is 11.1 Å². The van der Waals surface area contributed by atoms with Crippen LogP contribution in [0.4, 0.5) is 10.1 Å². The first-order valence-electron chi connectivity index (χ1n) is 9.18. The van der Waals surface area contributed by atoms with Gasteiger partial charge in [0.05, 0.1) is 13.7 Å². The Morgan fingerprint density at radius 3 is 2.44 bits per heavy atom. The Balaban J connectivity index is 1.42. The largest absolute Gasteiger partial charge is 0.497 e. The number of methoxy groups -OCH3 is 1. The van der Waals surface area contributed by atoms with Crippen LogP contribution in [-0.4, -0.2) is 50.6 Å². The number of amides is 1. The van der Waals surface area contributed by atoms with Gasteiger partial charge in [-0.1, -0.05) is 12.1 Å². The highest BCUT2D eigenvalue weighted by molar-refractivity contribution is 5.78. The lowest BCUT2D eigenvalue weighted by Gasteiger charge is -2.35. The van der Waals surface area contributed by atoms with Crippen molar-refractivity contribution in [1.29, 1.82) is 0 Å². The molecular formula is C21H26FN3O2. The third kappa shape index (κ3) is 5.20. The van der Waals surface area contributed by atoms with Crippen LogP contribution >= 0.6 is 0 Å². The predicted molar refractivity (Wildman–Crippen MR) is 105 cm³/mol. The number of piperazine rings is 1. The van der Waals surface area contributed by atoms with Gasteiger partial charge >= 0.3 is 0 Å². The van der Waals surface area contributed by atoms with E-state index in [1.165, 1.54) is 11.8 Å². The third-order valence-corrected chi connectivity index (χ3v) is 4.90. The van der Waals surface area contributed by atoms with Crippen LogP contribution in [0, 0.1) is 12.7 Å². The molecule has 3 rings (SSSR count). The number of carbonyl (C=O) groups excluding carboxylic acids is 1. The first-order chi connectivity index (χ1) is 13.0. The molecule has 1 amide bonds. The molecule has 1 fully saturated rings. The van der Waals surface area contributed by atoms with E-state index >= 15 is 0 Å². The number of halogens is 1. The SMILES string of the molecule is COc1ccc(N2CCN(CC(=O)NCc3ccc(C)c(F)c3)CC2)cc1. The van der Waals surface area contributed by atoms with E-state index in [9.17, 15) is 9.18 Å². The second-order valence-electron chi connectivity index (χ2n) is 6.82. The maximum atomic E-state index is 13.6. The number of nitrogens with one attached hydrogen (secondary N) is 1. The summed E-state index contributed by atoms with van der Waals surface area (Å²) in [5, 5.41) is 2.87. The molecule has 0 radical (unpaired) electrons. The smallest absolute Gasteiger partial charge is 0.234 e. The molecule has 2 aromatic carbocycles. The monoisotopic (exact) mass is 371 g/mol. The van der Waals surface area contributed by atoms with E-state index in [2.05, 4.69) is 27.2 Å². The van der Waals surface area contributed by atoms with Gasteiger partial charge in [0.2, 0.25) is 5.91 Å². The lowest BCUT2D eigenvalue weighted by molar-refractivity contribution is -0.122. The summed E-state index contributed by atoms with van der Waals surface area (Å²) in [7, 11) is 1.66. The highest BCUT2D eigenvalue weighted by atomic mass is 19.1. The maximum absolute atomic E-state index is 13.6. The Labute approximate surface area is 159 Å². The van der Waals surface area contributed by atoms with Gasteiger partial charge in [0, 0.05) is 38.4 Å². The number of anilines is 1. The van der Waals surface area contributed by atoms with Crippen molar-refractivity contribution < 1.29 is 13.9 Å². The summed E-state index contributed by atoms with van der Waals surface area (Å²) in [5.74, 6) is 0.577. The van der Waals surface area contributed by atoms with Gasteiger partial charge < -0.3 is 15.0 Å². The molecule has 144 valence electrons. The van der Waals surface area contributed by atoms with E-state index in [-0.39, 0.29) is 11.7 Å². The predicted octanol–water partition coefficient (Wildman–Crippen LogP) is 2.58. The van der Waals surface area contributed by atoms with Crippen LogP contribution in [0.3, 0.4) is 0 Å². The van der Waals surface area contributed by atoms with Gasteiger partial charge in [-0.15, -0.1) is 0 Å². The number of hydrogen-bond acceptors (Lipinski definition) is 4. The van der Waals surface area contributed by atoms with E-state index in [4.69, 9.17) is 4.74 Å². The fourth-order valence-electron chi connectivity index (χ4n) is 3.16. The minimum Gasteiger partial charge on any atom is -0.497 e. The first kappa shape index (κ1) is 19.2. The first-order valence-corrected chi connectivity index (χ1v) is 9.18. The van der Waals surface area contributed by atoms with Crippen molar-refractivity contribution in [3.05, 3.63) is 59.4 Å². The minimum absolute atomic E-state index is 0.0334. The average molecular weight is 371 g/mol. The lowest BCUT2D eigenvalue weighted by Crippen LogP contribution is -2.49. The molecule has 0 saturated carbocycles. The number of aryl methyl sites for hydroxylation is 1. The molecule has 1 N–H and O–H groups in total.